The average Bonchev–Trinajstić information content (AvgIpc) is 3.13. The van der Waals surface area contributed by atoms with Crippen LogP contribution in [0.25, 0.3) is 5.76 Å². The summed E-state index contributed by atoms with van der Waals surface area (Å²) in [5.74, 6) is -1.86. The Hall–Kier alpha value is -2.76. The second kappa shape index (κ2) is 10.7. The first-order valence-corrected chi connectivity index (χ1v) is 13.3. The van der Waals surface area contributed by atoms with Crippen LogP contribution in [-0.2, 0) is 24.3 Å². The van der Waals surface area contributed by atoms with Gasteiger partial charge in [-0.05, 0) is 56.1 Å². The third kappa shape index (κ3) is 5.18. The average molecular weight is 534 g/mol. The summed E-state index contributed by atoms with van der Waals surface area (Å²) in [6.45, 7) is 1.99. The number of Topliss-reactive ketones (excluding diaryl/α,β-unsaturated/α-hetero) is 1. The van der Waals surface area contributed by atoms with Crippen molar-refractivity contribution < 1.29 is 27.9 Å². The van der Waals surface area contributed by atoms with Crippen LogP contribution in [0.2, 0.25) is 5.02 Å². The lowest BCUT2D eigenvalue weighted by Crippen LogP contribution is -2.40. The van der Waals surface area contributed by atoms with Gasteiger partial charge in [0.05, 0.1) is 29.7 Å². The standard InChI is InChI=1S/C25H28ClN3O6S/c1-27(2)11-12-29-22(17-3-7-19(26)8-4-17)21(24(31)25(29)32)23(30)18-5-9-20(10-6-18)36(33,34)28-13-15-35-16-14-28/h3-10,22,30H,11-16H2,1-2H3/b23-21+/t22-/m0/s1. The van der Waals surface area contributed by atoms with Crippen molar-refractivity contribution in [2.45, 2.75) is 10.9 Å². The van der Waals surface area contributed by atoms with Crippen LogP contribution in [0.4, 0.5) is 0 Å². The zero-order valence-electron chi connectivity index (χ0n) is 20.1. The molecule has 2 fully saturated rings. The number of rotatable bonds is 7. The molecule has 0 unspecified atom stereocenters. The predicted octanol–water partition coefficient (Wildman–Crippen LogP) is 2.34. The maximum Gasteiger partial charge on any atom is 0.295 e. The maximum absolute atomic E-state index is 13.1. The quantitative estimate of drug-likeness (QED) is 0.331. The molecule has 2 saturated heterocycles. The van der Waals surface area contributed by atoms with E-state index in [2.05, 4.69) is 0 Å². The van der Waals surface area contributed by atoms with Crippen LogP contribution < -0.4 is 0 Å². The number of halogens is 1. The van der Waals surface area contributed by atoms with Crippen molar-refractivity contribution in [3.63, 3.8) is 0 Å². The second-order valence-corrected chi connectivity index (χ2v) is 11.3. The first kappa shape index (κ1) is 26.3. The fraction of sp³-hybridized carbons (Fsp3) is 0.360. The Morgan fingerprint density at radius 1 is 1.06 bits per heavy atom. The number of likely N-dealkylation sites (tertiary alicyclic amines) is 1. The zero-order valence-corrected chi connectivity index (χ0v) is 21.6. The molecule has 2 heterocycles. The maximum atomic E-state index is 13.1. The van der Waals surface area contributed by atoms with Gasteiger partial charge in [-0.2, -0.15) is 4.31 Å². The van der Waals surface area contributed by atoms with Crippen molar-refractivity contribution in [1.29, 1.82) is 0 Å². The molecular formula is C25H28ClN3O6S. The Bertz CT molecular complexity index is 1270. The van der Waals surface area contributed by atoms with Crippen LogP contribution in [0.1, 0.15) is 17.2 Å². The van der Waals surface area contributed by atoms with Gasteiger partial charge in [-0.3, -0.25) is 9.59 Å². The van der Waals surface area contributed by atoms with Crippen LogP contribution in [0.3, 0.4) is 0 Å². The molecule has 0 spiro atoms. The Morgan fingerprint density at radius 3 is 2.25 bits per heavy atom. The number of morpholine rings is 1. The minimum absolute atomic E-state index is 0.0511. The third-order valence-electron chi connectivity index (χ3n) is 6.25. The molecule has 1 N–H and O–H groups in total. The number of sulfonamides is 1. The summed E-state index contributed by atoms with van der Waals surface area (Å²) in [5, 5.41) is 11.7. The van der Waals surface area contributed by atoms with E-state index in [-0.39, 0.29) is 41.4 Å². The van der Waals surface area contributed by atoms with E-state index >= 15 is 0 Å². The number of aliphatic hydroxyl groups excluding tert-OH is 1. The third-order valence-corrected chi connectivity index (χ3v) is 8.41. The molecule has 36 heavy (non-hydrogen) atoms. The van der Waals surface area contributed by atoms with Crippen LogP contribution in [0.5, 0.6) is 0 Å². The number of hydrogen-bond donors (Lipinski definition) is 1. The van der Waals surface area contributed by atoms with E-state index in [4.69, 9.17) is 16.3 Å². The van der Waals surface area contributed by atoms with E-state index < -0.39 is 27.8 Å². The molecule has 192 valence electrons. The number of hydrogen-bond acceptors (Lipinski definition) is 7. The van der Waals surface area contributed by atoms with Gasteiger partial charge in [0.15, 0.2) is 0 Å². The molecule has 1 atom stereocenters. The first-order chi connectivity index (χ1) is 17.1. The number of nitrogens with zero attached hydrogens (tertiary/aromatic N) is 3. The number of carbonyl (C=O) groups excluding carboxylic acids is 2. The number of carbonyl (C=O) groups is 2. The molecule has 0 aliphatic carbocycles. The molecular weight excluding hydrogens is 506 g/mol. The Labute approximate surface area is 215 Å². The van der Waals surface area contributed by atoms with Gasteiger partial charge in [0.1, 0.15) is 5.76 Å². The number of amides is 1. The molecule has 2 aliphatic rings. The number of aliphatic hydroxyl groups is 1. The first-order valence-electron chi connectivity index (χ1n) is 11.5. The Kier molecular flexibility index (Phi) is 7.82. The fourth-order valence-corrected chi connectivity index (χ4v) is 5.82. The number of ether oxygens (including phenoxy) is 1. The second-order valence-electron chi connectivity index (χ2n) is 8.89. The van der Waals surface area contributed by atoms with Gasteiger partial charge in [-0.1, -0.05) is 23.7 Å². The van der Waals surface area contributed by atoms with Crippen molar-refractivity contribution in [2.75, 3.05) is 53.5 Å². The lowest BCUT2D eigenvalue weighted by Gasteiger charge is -2.27. The van der Waals surface area contributed by atoms with Crippen LogP contribution in [0, 0.1) is 0 Å². The smallest absolute Gasteiger partial charge is 0.295 e. The van der Waals surface area contributed by atoms with E-state index in [0.717, 1.165) is 0 Å². The summed E-state index contributed by atoms with van der Waals surface area (Å²) in [6, 6.07) is 11.6. The van der Waals surface area contributed by atoms with E-state index in [1.165, 1.54) is 33.5 Å². The van der Waals surface area contributed by atoms with Gasteiger partial charge in [0.2, 0.25) is 10.0 Å². The molecule has 0 saturated carbocycles. The molecule has 2 aromatic rings. The largest absolute Gasteiger partial charge is 0.507 e. The summed E-state index contributed by atoms with van der Waals surface area (Å²) in [5.41, 5.74) is 0.816. The van der Waals surface area contributed by atoms with Crippen molar-refractivity contribution in [1.82, 2.24) is 14.1 Å². The summed E-state index contributed by atoms with van der Waals surface area (Å²) < 4.78 is 32.4. The molecule has 0 bridgehead atoms. The highest BCUT2D eigenvalue weighted by Gasteiger charge is 2.45. The van der Waals surface area contributed by atoms with Crippen LogP contribution in [-0.4, -0.2) is 92.8 Å². The van der Waals surface area contributed by atoms with Gasteiger partial charge >= 0.3 is 0 Å². The minimum Gasteiger partial charge on any atom is -0.507 e. The van der Waals surface area contributed by atoms with Crippen molar-refractivity contribution in [3.8, 4) is 0 Å². The van der Waals surface area contributed by atoms with E-state index in [9.17, 15) is 23.1 Å². The molecule has 2 aromatic carbocycles. The lowest BCUT2D eigenvalue weighted by atomic mass is 9.95. The van der Waals surface area contributed by atoms with E-state index in [1.807, 2.05) is 19.0 Å². The highest BCUT2D eigenvalue weighted by Crippen LogP contribution is 2.39. The van der Waals surface area contributed by atoms with Gasteiger partial charge < -0.3 is 19.6 Å². The summed E-state index contributed by atoms with van der Waals surface area (Å²) in [4.78, 5) is 29.5. The Morgan fingerprint density at radius 2 is 1.67 bits per heavy atom. The highest BCUT2D eigenvalue weighted by atomic mass is 35.5. The van der Waals surface area contributed by atoms with Crippen molar-refractivity contribution in [2.24, 2.45) is 0 Å². The Balaban J connectivity index is 1.73. The molecule has 2 aliphatic heterocycles. The van der Waals surface area contributed by atoms with E-state index in [0.29, 0.717) is 30.3 Å². The van der Waals surface area contributed by atoms with Gasteiger partial charge in [0.25, 0.3) is 11.7 Å². The zero-order chi connectivity index (χ0) is 26.0. The monoisotopic (exact) mass is 533 g/mol. The van der Waals surface area contributed by atoms with Gasteiger partial charge in [-0.25, -0.2) is 8.42 Å². The van der Waals surface area contributed by atoms with Crippen molar-refractivity contribution >= 4 is 39.1 Å². The number of ketones is 1. The van der Waals surface area contributed by atoms with Crippen molar-refractivity contribution in [3.05, 3.63) is 70.3 Å². The van der Waals surface area contributed by atoms with E-state index in [1.54, 1.807) is 24.3 Å². The summed E-state index contributed by atoms with van der Waals surface area (Å²) in [7, 11) is 0.00704. The number of benzene rings is 2. The molecule has 4 rings (SSSR count). The number of likely N-dealkylation sites (N-methyl/N-ethyl adjacent to an activating group) is 1. The molecule has 9 nitrogen and oxygen atoms in total. The summed E-state index contributed by atoms with van der Waals surface area (Å²) in [6.07, 6.45) is 0. The predicted molar refractivity (Wildman–Crippen MR) is 135 cm³/mol. The highest BCUT2D eigenvalue weighted by molar-refractivity contribution is 7.89. The fourth-order valence-electron chi connectivity index (χ4n) is 4.29. The van der Waals surface area contributed by atoms with Crippen LogP contribution in [0.15, 0.2) is 59.0 Å². The topological polar surface area (TPSA) is 107 Å². The molecule has 0 aromatic heterocycles. The van der Waals surface area contributed by atoms with Crippen LogP contribution >= 0.6 is 11.6 Å². The molecule has 1 amide bonds. The van der Waals surface area contributed by atoms with Gasteiger partial charge in [-0.15, -0.1) is 0 Å². The lowest BCUT2D eigenvalue weighted by molar-refractivity contribution is -0.140. The van der Waals surface area contributed by atoms with Gasteiger partial charge in [0, 0.05) is 36.8 Å². The minimum atomic E-state index is -3.72. The molecule has 0 radical (unpaired) electrons. The molecule has 11 heteroatoms. The SMILES string of the molecule is CN(C)CCN1C(=O)C(=O)/C(=C(/O)c2ccc(S(=O)(=O)N3CCOCC3)cc2)[C@@H]1c1ccc(Cl)cc1. The normalized spacial score (nSPS) is 20.9. The summed E-state index contributed by atoms with van der Waals surface area (Å²) >= 11 is 6.04.